The van der Waals surface area contributed by atoms with Gasteiger partial charge in [-0.2, -0.15) is 13.2 Å². The van der Waals surface area contributed by atoms with Crippen molar-refractivity contribution in [2.75, 3.05) is 13.2 Å². The highest BCUT2D eigenvalue weighted by molar-refractivity contribution is 6.30. The number of alkyl halides is 3. The third-order valence-corrected chi connectivity index (χ3v) is 6.30. The number of fused-ring (bicyclic) bond motifs is 1. The Bertz CT molecular complexity index is 987. The molecule has 5 nitrogen and oxygen atoms in total. The molecular weight excluding hydrogens is 481 g/mol. The molecule has 0 amide bonds. The van der Waals surface area contributed by atoms with Crippen LogP contribution in [0.15, 0.2) is 40.7 Å². The maximum absolute atomic E-state index is 14.3. The van der Waals surface area contributed by atoms with Crippen molar-refractivity contribution >= 4 is 17.3 Å². The zero-order chi connectivity index (χ0) is 26.4. The van der Waals surface area contributed by atoms with E-state index in [9.17, 15) is 23.4 Å². The van der Waals surface area contributed by atoms with Gasteiger partial charge in [0, 0.05) is 47.9 Å². The molecule has 0 spiro atoms. The van der Waals surface area contributed by atoms with Crippen molar-refractivity contribution in [3.05, 3.63) is 51.8 Å². The van der Waals surface area contributed by atoms with Crippen molar-refractivity contribution in [3.63, 3.8) is 0 Å². The Kier molecular flexibility index (Phi) is 9.85. The summed E-state index contributed by atoms with van der Waals surface area (Å²) in [6.45, 7) is 7.37. The van der Waals surface area contributed by atoms with Crippen LogP contribution < -0.4 is 10.5 Å². The van der Waals surface area contributed by atoms with Crippen molar-refractivity contribution in [1.82, 2.24) is 0 Å². The molecule has 0 aromatic heterocycles. The van der Waals surface area contributed by atoms with Crippen LogP contribution in [0.3, 0.4) is 0 Å². The fraction of sp³-hybridized carbons (Fsp3) is 0.577. The van der Waals surface area contributed by atoms with Crippen molar-refractivity contribution in [3.8, 4) is 5.75 Å². The lowest BCUT2D eigenvalue weighted by molar-refractivity contribution is -0.266. The topological polar surface area (TPSA) is 88.1 Å². The number of rotatable bonds is 11. The zero-order valence-electron chi connectivity index (χ0n) is 20.8. The van der Waals surface area contributed by atoms with Gasteiger partial charge < -0.3 is 20.7 Å². The van der Waals surface area contributed by atoms with E-state index >= 15 is 0 Å². The largest absolute Gasteiger partial charge is 0.493 e. The van der Waals surface area contributed by atoms with Gasteiger partial charge >= 0.3 is 6.18 Å². The number of nitrogens with two attached hydrogens (primary N) is 1. The van der Waals surface area contributed by atoms with Crippen molar-refractivity contribution in [2.45, 2.75) is 83.4 Å². The lowest BCUT2D eigenvalue weighted by Gasteiger charge is -2.38. The van der Waals surface area contributed by atoms with Gasteiger partial charge in [-0.3, -0.25) is 4.99 Å². The molecule has 1 atom stereocenters. The first-order valence-corrected chi connectivity index (χ1v) is 12.2. The van der Waals surface area contributed by atoms with Gasteiger partial charge in [0.1, 0.15) is 5.75 Å². The minimum atomic E-state index is -4.94. The highest BCUT2D eigenvalue weighted by atomic mass is 35.5. The molecule has 0 saturated heterocycles. The predicted molar refractivity (Wildman–Crippen MR) is 134 cm³/mol. The third-order valence-electron chi connectivity index (χ3n) is 6.08. The van der Waals surface area contributed by atoms with Crippen LogP contribution in [0.1, 0.15) is 70.9 Å². The number of aliphatic hydroxyl groups excluding tert-OH is 1. The van der Waals surface area contributed by atoms with Crippen LogP contribution in [0.4, 0.5) is 13.2 Å². The average molecular weight is 517 g/mol. The monoisotopic (exact) mass is 516 g/mol. The Morgan fingerprint density at radius 1 is 1.26 bits per heavy atom. The fourth-order valence-electron chi connectivity index (χ4n) is 4.41. The van der Waals surface area contributed by atoms with Crippen LogP contribution >= 0.6 is 11.6 Å². The van der Waals surface area contributed by atoms with Gasteiger partial charge in [0.05, 0.1) is 12.3 Å². The van der Waals surface area contributed by atoms with Crippen LogP contribution in [-0.4, -0.2) is 40.9 Å². The van der Waals surface area contributed by atoms with Crippen LogP contribution in [0.25, 0.3) is 0 Å². The summed E-state index contributed by atoms with van der Waals surface area (Å²) < 4.78 is 48.5. The zero-order valence-corrected chi connectivity index (χ0v) is 21.6. The molecule has 0 saturated carbocycles. The van der Waals surface area contributed by atoms with E-state index in [2.05, 4.69) is 4.99 Å². The number of allylic oxidation sites excluding steroid dienone is 2. The molecule has 1 heterocycles. The second-order valence-electron chi connectivity index (χ2n) is 9.57. The first-order chi connectivity index (χ1) is 16.3. The van der Waals surface area contributed by atoms with E-state index in [1.165, 1.54) is 6.08 Å². The molecule has 2 rings (SSSR count). The molecule has 1 aliphatic rings. The van der Waals surface area contributed by atoms with Gasteiger partial charge in [0.25, 0.3) is 0 Å². The maximum atomic E-state index is 14.3. The van der Waals surface area contributed by atoms with E-state index in [-0.39, 0.29) is 12.3 Å². The summed E-state index contributed by atoms with van der Waals surface area (Å²) in [7, 11) is 0. The molecule has 0 aliphatic carbocycles. The molecule has 1 aliphatic heterocycles. The van der Waals surface area contributed by atoms with Crippen LogP contribution in [0, 0.1) is 0 Å². The normalized spacial score (nSPS) is 17.3. The van der Waals surface area contributed by atoms with E-state index in [0.29, 0.717) is 60.0 Å². The van der Waals surface area contributed by atoms with Crippen molar-refractivity contribution < 1.29 is 28.1 Å². The fourth-order valence-corrected chi connectivity index (χ4v) is 4.65. The third kappa shape index (κ3) is 7.48. The SMILES string of the molecule is CC/C=C(/C=C(\N)CC(O)(CC(C)(C)c1cc(Cl)cc2c1OCC2)C(F)(F)F)N=C(CC)CCO. The van der Waals surface area contributed by atoms with E-state index < -0.39 is 30.0 Å². The summed E-state index contributed by atoms with van der Waals surface area (Å²) in [6, 6.07) is 3.36. The number of halogens is 4. The first kappa shape index (κ1) is 29.2. The summed E-state index contributed by atoms with van der Waals surface area (Å²) in [5.74, 6) is 0.533. The standard InChI is InChI=1S/C26H36ClF3N2O3/c1-5-7-21(32-20(6-2)8-10-33)14-19(31)15-25(34,26(28,29)30)16-24(3,4)22-13-18(27)12-17-9-11-35-23(17)22/h7,12-14,33-34H,5-6,8-11,15-16,31H2,1-4H3/b19-14-,21-7-,32-20?. The van der Waals surface area contributed by atoms with Gasteiger partial charge in [-0.15, -0.1) is 0 Å². The Morgan fingerprint density at radius 2 is 1.94 bits per heavy atom. The van der Waals surface area contributed by atoms with E-state index in [4.69, 9.17) is 22.1 Å². The van der Waals surface area contributed by atoms with Gasteiger partial charge in [-0.1, -0.05) is 45.4 Å². The quantitative estimate of drug-likeness (QED) is 0.249. The number of hydrogen-bond donors (Lipinski definition) is 3. The summed E-state index contributed by atoms with van der Waals surface area (Å²) in [5.41, 5.74) is 4.16. The van der Waals surface area contributed by atoms with Crippen LogP contribution in [0.2, 0.25) is 5.02 Å². The van der Waals surface area contributed by atoms with E-state index in [1.807, 2.05) is 13.8 Å². The smallest absolute Gasteiger partial charge is 0.417 e. The van der Waals surface area contributed by atoms with Crippen molar-refractivity contribution in [1.29, 1.82) is 0 Å². The van der Waals surface area contributed by atoms with Gasteiger partial charge in [0.2, 0.25) is 0 Å². The molecule has 0 radical (unpaired) electrons. The molecule has 1 aromatic rings. The number of aliphatic hydroxyl groups is 2. The maximum Gasteiger partial charge on any atom is 0.417 e. The molecule has 35 heavy (non-hydrogen) atoms. The van der Waals surface area contributed by atoms with E-state index in [0.717, 1.165) is 5.56 Å². The summed E-state index contributed by atoms with van der Waals surface area (Å²) >= 11 is 6.24. The Morgan fingerprint density at radius 3 is 2.51 bits per heavy atom. The van der Waals surface area contributed by atoms with Crippen molar-refractivity contribution in [2.24, 2.45) is 10.7 Å². The number of aliphatic imine (C=N–C) groups is 1. The summed E-state index contributed by atoms with van der Waals surface area (Å²) in [6.07, 6.45) is -1.13. The highest BCUT2D eigenvalue weighted by Crippen LogP contribution is 2.48. The summed E-state index contributed by atoms with van der Waals surface area (Å²) in [5, 5.41) is 20.6. The minimum Gasteiger partial charge on any atom is -0.493 e. The number of benzene rings is 1. The van der Waals surface area contributed by atoms with Gasteiger partial charge in [-0.25, -0.2) is 0 Å². The minimum absolute atomic E-state index is 0.0783. The Hall–Kier alpha value is -2.03. The lowest BCUT2D eigenvalue weighted by Crippen LogP contribution is -2.50. The Balaban J connectivity index is 2.41. The number of hydrogen-bond acceptors (Lipinski definition) is 5. The lowest BCUT2D eigenvalue weighted by atomic mass is 9.72. The first-order valence-electron chi connectivity index (χ1n) is 11.8. The number of nitrogens with zero attached hydrogens (tertiary/aromatic N) is 1. The molecule has 1 unspecified atom stereocenters. The molecule has 0 fully saturated rings. The molecule has 1 aromatic carbocycles. The van der Waals surface area contributed by atoms with Gasteiger partial charge in [-0.05, 0) is 48.4 Å². The number of ether oxygens (including phenoxy) is 1. The molecule has 9 heteroatoms. The summed E-state index contributed by atoms with van der Waals surface area (Å²) in [4.78, 5) is 4.44. The van der Waals surface area contributed by atoms with E-state index in [1.54, 1.807) is 32.1 Å². The molecule has 4 N–H and O–H groups in total. The molecular formula is C26H36ClF3N2O3. The molecule has 0 bridgehead atoms. The predicted octanol–water partition coefficient (Wildman–Crippen LogP) is 6.00. The van der Waals surface area contributed by atoms with Crippen LogP contribution in [-0.2, 0) is 11.8 Å². The van der Waals surface area contributed by atoms with Crippen LogP contribution in [0.5, 0.6) is 5.75 Å². The Labute approximate surface area is 210 Å². The van der Waals surface area contributed by atoms with Gasteiger partial charge in [0.15, 0.2) is 5.60 Å². The second kappa shape index (κ2) is 11.8. The second-order valence-corrected chi connectivity index (χ2v) is 10.0. The highest BCUT2D eigenvalue weighted by Gasteiger charge is 2.56. The molecule has 196 valence electrons. The average Bonchev–Trinajstić information content (AvgIpc) is 3.19.